The van der Waals surface area contributed by atoms with Crippen molar-refractivity contribution in [3.63, 3.8) is 0 Å². The summed E-state index contributed by atoms with van der Waals surface area (Å²) in [6.45, 7) is 0. The van der Waals surface area contributed by atoms with E-state index in [1.807, 2.05) is 12.1 Å². The van der Waals surface area contributed by atoms with Crippen LogP contribution in [0.1, 0.15) is 37.7 Å². The van der Waals surface area contributed by atoms with E-state index >= 15 is 0 Å². The highest BCUT2D eigenvalue weighted by Crippen LogP contribution is 2.28. The van der Waals surface area contributed by atoms with E-state index in [-0.39, 0.29) is 16.7 Å². The summed E-state index contributed by atoms with van der Waals surface area (Å²) in [5.41, 5.74) is 7.48. The third kappa shape index (κ3) is 3.29. The van der Waals surface area contributed by atoms with Gasteiger partial charge in [0.15, 0.2) is 0 Å². The molecule has 1 saturated carbocycles. The second kappa shape index (κ2) is 5.96. The molecule has 2 rings (SSSR count). The molecule has 1 atom stereocenters. The van der Waals surface area contributed by atoms with Crippen LogP contribution >= 0.6 is 0 Å². The van der Waals surface area contributed by atoms with Crippen molar-refractivity contribution >= 4 is 5.69 Å². The van der Waals surface area contributed by atoms with E-state index in [9.17, 15) is 10.1 Å². The zero-order valence-electron chi connectivity index (χ0n) is 10.5. The number of hydrogen-bond donors (Lipinski definition) is 1. The SMILES string of the molecule is NC(CCc1ccc([N+](=O)[O-])cc1)C1CCCC1. The topological polar surface area (TPSA) is 69.2 Å². The van der Waals surface area contributed by atoms with Crippen molar-refractivity contribution in [3.05, 3.63) is 39.9 Å². The summed E-state index contributed by atoms with van der Waals surface area (Å²) >= 11 is 0. The summed E-state index contributed by atoms with van der Waals surface area (Å²) in [5, 5.41) is 10.5. The first kappa shape index (κ1) is 13.0. The molecular formula is C14H20N2O2. The summed E-state index contributed by atoms with van der Waals surface area (Å²) in [4.78, 5) is 10.2. The Balaban J connectivity index is 1.84. The molecule has 4 heteroatoms. The first-order valence-corrected chi connectivity index (χ1v) is 6.66. The molecule has 1 aliphatic carbocycles. The molecule has 0 spiro atoms. The quantitative estimate of drug-likeness (QED) is 0.643. The number of nitrogens with zero attached hydrogens (tertiary/aromatic N) is 1. The molecule has 0 aromatic heterocycles. The van der Waals surface area contributed by atoms with Gasteiger partial charge in [0, 0.05) is 18.2 Å². The number of rotatable bonds is 5. The Morgan fingerprint density at radius 1 is 1.28 bits per heavy atom. The van der Waals surface area contributed by atoms with Crippen LogP contribution in [0.15, 0.2) is 24.3 Å². The Hall–Kier alpha value is -1.42. The summed E-state index contributed by atoms with van der Waals surface area (Å²) in [6, 6.07) is 7.08. The van der Waals surface area contributed by atoms with Gasteiger partial charge in [-0.2, -0.15) is 0 Å². The number of non-ortho nitro benzene ring substituents is 1. The third-order valence-electron chi connectivity index (χ3n) is 3.92. The van der Waals surface area contributed by atoms with E-state index in [0.717, 1.165) is 18.4 Å². The molecule has 1 unspecified atom stereocenters. The standard InChI is InChI=1S/C14H20N2O2/c15-14(12-3-1-2-4-12)10-7-11-5-8-13(9-6-11)16(17)18/h5-6,8-9,12,14H,1-4,7,10,15H2. The maximum atomic E-state index is 10.5. The summed E-state index contributed by atoms with van der Waals surface area (Å²) in [6.07, 6.45) is 7.05. The van der Waals surface area contributed by atoms with Gasteiger partial charge < -0.3 is 5.73 Å². The van der Waals surface area contributed by atoms with E-state index in [0.29, 0.717) is 5.92 Å². The molecule has 0 amide bonds. The minimum Gasteiger partial charge on any atom is -0.327 e. The van der Waals surface area contributed by atoms with Gasteiger partial charge in [0.25, 0.3) is 5.69 Å². The number of nitro benzene ring substituents is 1. The molecule has 1 aromatic carbocycles. The Bertz CT molecular complexity index is 397. The number of nitrogens with two attached hydrogens (primary N) is 1. The zero-order valence-corrected chi connectivity index (χ0v) is 10.5. The van der Waals surface area contributed by atoms with Crippen LogP contribution in [0.2, 0.25) is 0 Å². The van der Waals surface area contributed by atoms with Crippen molar-refractivity contribution in [2.75, 3.05) is 0 Å². The van der Waals surface area contributed by atoms with Gasteiger partial charge in [-0.3, -0.25) is 10.1 Å². The lowest BCUT2D eigenvalue weighted by Crippen LogP contribution is -2.28. The van der Waals surface area contributed by atoms with Gasteiger partial charge >= 0.3 is 0 Å². The maximum absolute atomic E-state index is 10.5. The van der Waals surface area contributed by atoms with Gasteiger partial charge in [0.2, 0.25) is 0 Å². The van der Waals surface area contributed by atoms with Crippen molar-refractivity contribution in [1.82, 2.24) is 0 Å². The van der Waals surface area contributed by atoms with Gasteiger partial charge in [-0.1, -0.05) is 25.0 Å². The summed E-state index contributed by atoms with van der Waals surface area (Å²) < 4.78 is 0. The third-order valence-corrected chi connectivity index (χ3v) is 3.92. The highest BCUT2D eigenvalue weighted by molar-refractivity contribution is 5.32. The fourth-order valence-electron chi connectivity index (χ4n) is 2.74. The molecule has 4 nitrogen and oxygen atoms in total. The molecular weight excluding hydrogens is 228 g/mol. The van der Waals surface area contributed by atoms with E-state index in [4.69, 9.17) is 5.73 Å². The highest BCUT2D eigenvalue weighted by Gasteiger charge is 2.21. The predicted molar refractivity (Wildman–Crippen MR) is 71.4 cm³/mol. The van der Waals surface area contributed by atoms with Crippen molar-refractivity contribution in [2.24, 2.45) is 11.7 Å². The lowest BCUT2D eigenvalue weighted by atomic mass is 9.93. The van der Waals surface area contributed by atoms with E-state index < -0.39 is 0 Å². The normalized spacial score (nSPS) is 17.8. The van der Waals surface area contributed by atoms with Crippen LogP contribution in [0.5, 0.6) is 0 Å². The van der Waals surface area contributed by atoms with Crippen molar-refractivity contribution in [1.29, 1.82) is 0 Å². The number of hydrogen-bond acceptors (Lipinski definition) is 3. The summed E-state index contributed by atoms with van der Waals surface area (Å²) in [7, 11) is 0. The molecule has 1 aliphatic rings. The van der Waals surface area contributed by atoms with Crippen molar-refractivity contribution < 1.29 is 4.92 Å². The highest BCUT2D eigenvalue weighted by atomic mass is 16.6. The van der Waals surface area contributed by atoms with Gasteiger partial charge in [0.1, 0.15) is 0 Å². The number of aryl methyl sites for hydroxylation is 1. The van der Waals surface area contributed by atoms with Crippen LogP contribution in [-0.4, -0.2) is 11.0 Å². The van der Waals surface area contributed by atoms with Crippen molar-refractivity contribution in [3.8, 4) is 0 Å². The predicted octanol–water partition coefficient (Wildman–Crippen LogP) is 3.04. The molecule has 0 aliphatic heterocycles. The Morgan fingerprint density at radius 3 is 2.44 bits per heavy atom. The van der Waals surface area contributed by atoms with Crippen LogP contribution in [0.4, 0.5) is 5.69 Å². The molecule has 0 saturated heterocycles. The summed E-state index contributed by atoms with van der Waals surface area (Å²) in [5.74, 6) is 0.683. The Kier molecular flexibility index (Phi) is 4.31. The van der Waals surface area contributed by atoms with Crippen molar-refractivity contribution in [2.45, 2.75) is 44.6 Å². The molecule has 2 N–H and O–H groups in total. The van der Waals surface area contributed by atoms with Gasteiger partial charge in [-0.25, -0.2) is 0 Å². The molecule has 98 valence electrons. The average Bonchev–Trinajstić information content (AvgIpc) is 2.90. The van der Waals surface area contributed by atoms with Gasteiger partial charge in [0.05, 0.1) is 4.92 Å². The largest absolute Gasteiger partial charge is 0.327 e. The number of nitro groups is 1. The number of benzene rings is 1. The van der Waals surface area contributed by atoms with Gasteiger partial charge in [-0.15, -0.1) is 0 Å². The molecule has 18 heavy (non-hydrogen) atoms. The minimum atomic E-state index is -0.367. The van der Waals surface area contributed by atoms with E-state index in [1.54, 1.807) is 12.1 Å². The Morgan fingerprint density at radius 2 is 1.89 bits per heavy atom. The smallest absolute Gasteiger partial charge is 0.269 e. The molecule has 0 bridgehead atoms. The average molecular weight is 248 g/mol. The van der Waals surface area contributed by atoms with E-state index in [2.05, 4.69) is 0 Å². The molecule has 1 aromatic rings. The lowest BCUT2D eigenvalue weighted by molar-refractivity contribution is -0.384. The second-order valence-corrected chi connectivity index (χ2v) is 5.17. The monoisotopic (exact) mass is 248 g/mol. The van der Waals surface area contributed by atoms with Crippen LogP contribution in [0.25, 0.3) is 0 Å². The molecule has 0 radical (unpaired) electrons. The molecule has 1 fully saturated rings. The first-order valence-electron chi connectivity index (χ1n) is 6.66. The second-order valence-electron chi connectivity index (χ2n) is 5.17. The van der Waals surface area contributed by atoms with Crippen LogP contribution < -0.4 is 5.73 Å². The van der Waals surface area contributed by atoms with E-state index in [1.165, 1.54) is 25.7 Å². The fraction of sp³-hybridized carbons (Fsp3) is 0.571. The minimum absolute atomic E-state index is 0.152. The maximum Gasteiger partial charge on any atom is 0.269 e. The lowest BCUT2D eigenvalue weighted by Gasteiger charge is -2.18. The molecule has 0 heterocycles. The van der Waals surface area contributed by atoms with Crippen LogP contribution in [-0.2, 0) is 6.42 Å². The first-order chi connectivity index (χ1) is 8.66. The van der Waals surface area contributed by atoms with Crippen LogP contribution in [0, 0.1) is 16.0 Å². The van der Waals surface area contributed by atoms with Crippen LogP contribution in [0.3, 0.4) is 0 Å². The van der Waals surface area contributed by atoms with Gasteiger partial charge in [-0.05, 0) is 37.2 Å². The Labute approximate surface area is 107 Å². The fourth-order valence-corrected chi connectivity index (χ4v) is 2.74. The zero-order chi connectivity index (χ0) is 13.0.